The monoisotopic (exact) mass is 394 g/mol. The first-order valence-electron chi connectivity index (χ1n) is 9.94. The number of anilines is 1. The van der Waals surface area contributed by atoms with Crippen molar-refractivity contribution in [3.05, 3.63) is 59.2 Å². The Morgan fingerprint density at radius 2 is 2.00 bits per heavy atom. The van der Waals surface area contributed by atoms with E-state index < -0.39 is 5.97 Å². The van der Waals surface area contributed by atoms with Crippen molar-refractivity contribution in [1.82, 2.24) is 4.90 Å². The fourth-order valence-electron chi connectivity index (χ4n) is 5.16. The Hall–Kier alpha value is -2.86. The number of piperidine rings is 1. The van der Waals surface area contributed by atoms with Gasteiger partial charge in [0.2, 0.25) is 5.91 Å². The molecule has 1 unspecified atom stereocenters. The zero-order valence-electron chi connectivity index (χ0n) is 16.7. The van der Waals surface area contributed by atoms with Crippen molar-refractivity contribution in [2.24, 2.45) is 5.92 Å². The SMILES string of the molecule is CN1CC[C@@]2(C)c3cc(O)ccc3CC1[C@@H]2CC(=O)Nc1ccccc1C(=O)O. The van der Waals surface area contributed by atoms with Crippen molar-refractivity contribution < 1.29 is 19.8 Å². The van der Waals surface area contributed by atoms with E-state index in [9.17, 15) is 19.8 Å². The van der Waals surface area contributed by atoms with E-state index in [4.69, 9.17) is 0 Å². The summed E-state index contributed by atoms with van der Waals surface area (Å²) in [6.07, 6.45) is 2.04. The number of benzene rings is 2. The van der Waals surface area contributed by atoms with Gasteiger partial charge in [0, 0.05) is 12.5 Å². The molecule has 0 radical (unpaired) electrons. The number of rotatable bonds is 4. The summed E-state index contributed by atoms with van der Waals surface area (Å²) in [5, 5.41) is 22.2. The second kappa shape index (κ2) is 7.19. The fourth-order valence-corrected chi connectivity index (χ4v) is 5.16. The molecule has 29 heavy (non-hydrogen) atoms. The van der Waals surface area contributed by atoms with Crippen LogP contribution in [0.15, 0.2) is 42.5 Å². The zero-order valence-corrected chi connectivity index (χ0v) is 16.7. The number of hydrogen-bond donors (Lipinski definition) is 3. The predicted octanol–water partition coefficient (Wildman–Crippen LogP) is 3.25. The number of carbonyl (C=O) groups is 2. The summed E-state index contributed by atoms with van der Waals surface area (Å²) in [4.78, 5) is 26.7. The Labute approximate surface area is 170 Å². The summed E-state index contributed by atoms with van der Waals surface area (Å²) in [6.45, 7) is 3.13. The molecule has 1 aliphatic carbocycles. The van der Waals surface area contributed by atoms with E-state index in [0.29, 0.717) is 12.1 Å². The molecule has 6 heteroatoms. The van der Waals surface area contributed by atoms with Crippen molar-refractivity contribution in [3.63, 3.8) is 0 Å². The number of aromatic carboxylic acids is 1. The van der Waals surface area contributed by atoms with Gasteiger partial charge in [0.05, 0.1) is 11.3 Å². The second-order valence-corrected chi connectivity index (χ2v) is 8.47. The first-order chi connectivity index (χ1) is 13.8. The van der Waals surface area contributed by atoms with Gasteiger partial charge in [-0.25, -0.2) is 4.79 Å². The van der Waals surface area contributed by atoms with Gasteiger partial charge in [-0.2, -0.15) is 0 Å². The molecule has 1 amide bonds. The number of phenolic OH excluding ortho intramolecular Hbond substituents is 1. The number of carboxylic acids is 1. The van der Waals surface area contributed by atoms with Crippen LogP contribution in [0.25, 0.3) is 0 Å². The average Bonchev–Trinajstić information content (AvgIpc) is 2.68. The average molecular weight is 394 g/mol. The highest BCUT2D eigenvalue weighted by Crippen LogP contribution is 2.50. The Morgan fingerprint density at radius 3 is 2.76 bits per heavy atom. The fraction of sp³-hybridized carbons (Fsp3) is 0.391. The molecule has 1 saturated heterocycles. The van der Waals surface area contributed by atoms with Crippen LogP contribution in [0.1, 0.15) is 41.3 Å². The van der Waals surface area contributed by atoms with Gasteiger partial charge in [0.15, 0.2) is 0 Å². The third-order valence-corrected chi connectivity index (χ3v) is 6.81. The van der Waals surface area contributed by atoms with Crippen molar-refractivity contribution in [2.75, 3.05) is 18.9 Å². The van der Waals surface area contributed by atoms with Gasteiger partial charge in [-0.1, -0.05) is 25.1 Å². The highest BCUT2D eigenvalue weighted by molar-refractivity contribution is 6.00. The summed E-state index contributed by atoms with van der Waals surface area (Å²) in [6, 6.07) is 12.3. The first-order valence-corrected chi connectivity index (χ1v) is 9.94. The highest BCUT2D eigenvalue weighted by Gasteiger charge is 2.50. The minimum atomic E-state index is -1.06. The number of carbonyl (C=O) groups excluding carboxylic acids is 1. The van der Waals surface area contributed by atoms with E-state index in [1.165, 1.54) is 11.6 Å². The van der Waals surface area contributed by atoms with Crippen LogP contribution < -0.4 is 5.32 Å². The molecule has 152 valence electrons. The lowest BCUT2D eigenvalue weighted by Gasteiger charge is -2.54. The van der Waals surface area contributed by atoms with Gasteiger partial charge in [-0.15, -0.1) is 0 Å². The molecule has 2 bridgehead atoms. The molecule has 2 aliphatic rings. The van der Waals surface area contributed by atoms with E-state index >= 15 is 0 Å². The van der Waals surface area contributed by atoms with Gasteiger partial charge < -0.3 is 20.4 Å². The Balaban J connectivity index is 1.63. The second-order valence-electron chi connectivity index (χ2n) is 8.47. The lowest BCUT2D eigenvalue weighted by molar-refractivity contribution is -0.119. The highest BCUT2D eigenvalue weighted by atomic mass is 16.4. The molecule has 3 atom stereocenters. The van der Waals surface area contributed by atoms with Gasteiger partial charge in [-0.3, -0.25) is 4.79 Å². The number of carboxylic acid groups (broad SMARTS) is 1. The van der Waals surface area contributed by atoms with Crippen molar-refractivity contribution >= 4 is 17.6 Å². The van der Waals surface area contributed by atoms with Gasteiger partial charge in [0.25, 0.3) is 0 Å². The first kappa shape index (κ1) is 19.5. The molecule has 0 saturated carbocycles. The summed E-state index contributed by atoms with van der Waals surface area (Å²) in [5.74, 6) is -0.918. The summed E-state index contributed by atoms with van der Waals surface area (Å²) in [7, 11) is 2.10. The van der Waals surface area contributed by atoms with Crippen LogP contribution in [0, 0.1) is 5.92 Å². The van der Waals surface area contributed by atoms with E-state index in [1.54, 1.807) is 24.3 Å². The number of phenols is 1. The number of hydrogen-bond acceptors (Lipinski definition) is 4. The molecule has 0 spiro atoms. The third-order valence-electron chi connectivity index (χ3n) is 6.81. The molecular weight excluding hydrogens is 368 g/mol. The number of fused-ring (bicyclic) bond motifs is 4. The molecule has 0 aromatic heterocycles. The van der Waals surface area contributed by atoms with Crippen LogP contribution in [0.3, 0.4) is 0 Å². The van der Waals surface area contributed by atoms with Crippen LogP contribution in [0.5, 0.6) is 5.75 Å². The lowest BCUT2D eigenvalue weighted by Crippen LogP contribution is -2.58. The van der Waals surface area contributed by atoms with Crippen LogP contribution in [0.4, 0.5) is 5.69 Å². The smallest absolute Gasteiger partial charge is 0.337 e. The van der Waals surface area contributed by atoms with Gasteiger partial charge >= 0.3 is 5.97 Å². The number of nitrogens with zero attached hydrogens (tertiary/aromatic N) is 1. The molecule has 6 nitrogen and oxygen atoms in total. The minimum Gasteiger partial charge on any atom is -0.508 e. The Morgan fingerprint density at radius 1 is 1.24 bits per heavy atom. The topological polar surface area (TPSA) is 89.9 Å². The maximum absolute atomic E-state index is 12.9. The molecule has 1 fully saturated rings. The van der Waals surface area contributed by atoms with Crippen molar-refractivity contribution in [3.8, 4) is 5.75 Å². The van der Waals surface area contributed by atoms with Gasteiger partial charge in [-0.05, 0) is 73.2 Å². The van der Waals surface area contributed by atoms with Crippen molar-refractivity contribution in [2.45, 2.75) is 37.6 Å². The molecule has 3 N–H and O–H groups in total. The predicted molar refractivity (Wildman–Crippen MR) is 110 cm³/mol. The third kappa shape index (κ3) is 3.38. The molecule has 1 heterocycles. The molecular formula is C23H26N2O4. The number of amides is 1. The van der Waals surface area contributed by atoms with Gasteiger partial charge in [0.1, 0.15) is 5.75 Å². The number of likely N-dealkylation sites (N-methyl/N-ethyl adjacent to an activating group) is 1. The summed E-state index contributed by atoms with van der Waals surface area (Å²) in [5.41, 5.74) is 2.55. The lowest BCUT2D eigenvalue weighted by atomic mass is 9.57. The molecule has 2 aromatic carbocycles. The Bertz CT molecular complexity index is 973. The maximum Gasteiger partial charge on any atom is 0.337 e. The number of para-hydroxylation sites is 1. The maximum atomic E-state index is 12.9. The standard InChI is InChI=1S/C23H26N2O4/c1-23-9-10-25(2)20(11-14-7-8-15(26)12-17(14)23)18(23)13-21(27)24-19-6-4-3-5-16(19)22(28)29/h3-8,12,18,20,26H,9-11,13H2,1-2H3,(H,24,27)(H,28,29)/t18-,20?,23-/m0/s1. The van der Waals surface area contributed by atoms with E-state index in [-0.39, 0.29) is 34.6 Å². The number of nitrogens with one attached hydrogen (secondary N) is 1. The minimum absolute atomic E-state index is 0.0764. The number of likely N-dealkylation sites (tertiary alicyclic amines) is 1. The van der Waals surface area contributed by atoms with Crippen LogP contribution in [-0.2, 0) is 16.6 Å². The summed E-state index contributed by atoms with van der Waals surface area (Å²) >= 11 is 0. The summed E-state index contributed by atoms with van der Waals surface area (Å²) < 4.78 is 0. The van der Waals surface area contributed by atoms with E-state index in [1.807, 2.05) is 12.1 Å². The van der Waals surface area contributed by atoms with Crippen molar-refractivity contribution in [1.29, 1.82) is 0 Å². The van der Waals surface area contributed by atoms with Crippen LogP contribution in [-0.4, -0.2) is 46.6 Å². The quantitative estimate of drug-likeness (QED) is 0.741. The normalized spacial score (nSPS) is 25.9. The van der Waals surface area contributed by atoms with Crippen LogP contribution >= 0.6 is 0 Å². The zero-order chi connectivity index (χ0) is 20.8. The Kier molecular flexibility index (Phi) is 4.82. The van der Waals surface area contributed by atoms with Crippen LogP contribution in [0.2, 0.25) is 0 Å². The van der Waals surface area contributed by atoms with E-state index in [2.05, 4.69) is 24.2 Å². The molecule has 4 rings (SSSR count). The molecule has 1 aliphatic heterocycles. The number of aromatic hydroxyl groups is 1. The largest absolute Gasteiger partial charge is 0.508 e. The van der Waals surface area contributed by atoms with E-state index in [0.717, 1.165) is 24.9 Å². The molecule has 2 aromatic rings.